The summed E-state index contributed by atoms with van der Waals surface area (Å²) in [5.41, 5.74) is 4.22. The maximum Gasteiger partial charge on any atom is 0.255 e. The highest BCUT2D eigenvalue weighted by atomic mass is 16.5. The Morgan fingerprint density at radius 3 is 2.56 bits per heavy atom. The summed E-state index contributed by atoms with van der Waals surface area (Å²) >= 11 is 0. The van der Waals surface area contributed by atoms with Crippen LogP contribution in [0.15, 0.2) is 10.5 Å². The number of rotatable bonds is 4. The summed E-state index contributed by atoms with van der Waals surface area (Å²) in [4.78, 5) is 25.7. The van der Waals surface area contributed by atoms with Crippen LogP contribution in [-0.2, 0) is 9.53 Å². The van der Waals surface area contributed by atoms with Crippen molar-refractivity contribution in [2.75, 3.05) is 26.2 Å². The fourth-order valence-corrected chi connectivity index (χ4v) is 4.22. The predicted octanol–water partition coefficient (Wildman–Crippen LogP) is 0.486. The summed E-state index contributed by atoms with van der Waals surface area (Å²) < 4.78 is 11.6. The van der Waals surface area contributed by atoms with Crippen LogP contribution in [0.3, 0.4) is 0 Å². The molecule has 1 aromatic rings. The Morgan fingerprint density at radius 1 is 1.37 bits per heavy atom. The predicted molar refractivity (Wildman–Crippen MR) is 98.2 cm³/mol. The smallest absolute Gasteiger partial charge is 0.255 e. The number of nitrogens with zero attached hydrogens (tertiary/aromatic N) is 1. The second-order valence-electron chi connectivity index (χ2n) is 8.12. The van der Waals surface area contributed by atoms with Crippen molar-refractivity contribution in [3.63, 3.8) is 0 Å². The Balaban J connectivity index is 1.62. The van der Waals surface area contributed by atoms with E-state index in [1.165, 1.54) is 0 Å². The molecule has 8 nitrogen and oxygen atoms in total. The van der Waals surface area contributed by atoms with E-state index in [0.29, 0.717) is 36.6 Å². The zero-order chi connectivity index (χ0) is 19.8. The molecule has 2 saturated heterocycles. The van der Waals surface area contributed by atoms with E-state index in [1.807, 2.05) is 4.90 Å². The Hall–Kier alpha value is -1.90. The zero-order valence-corrected chi connectivity index (χ0v) is 16.2. The van der Waals surface area contributed by atoms with Crippen LogP contribution in [0.5, 0.6) is 0 Å². The number of ether oxygens (including phenoxy) is 1. The molecule has 0 aliphatic carbocycles. The Morgan fingerprint density at radius 2 is 2.04 bits per heavy atom. The molecule has 1 aromatic heterocycles. The van der Waals surface area contributed by atoms with Crippen LogP contribution < -0.4 is 11.1 Å². The Labute approximate surface area is 159 Å². The highest BCUT2D eigenvalue weighted by molar-refractivity contribution is 5.95. The second-order valence-corrected chi connectivity index (χ2v) is 8.12. The standard InChI is InChI=1S/C19H29N3O5/c1-12-8-14(13(2)27-12)17(24)21-15-10-26-19(11-18(15,3)25)4-6-22(7-5-19)9-16(20)23/h8,15,25H,4-7,9-11H2,1-3H3,(H2,20,23)(H,21,24)/t15-,18-/m0/s1. The van der Waals surface area contributed by atoms with Crippen LogP contribution in [0.25, 0.3) is 0 Å². The Bertz CT molecular complexity index is 719. The molecule has 2 amide bonds. The van der Waals surface area contributed by atoms with Gasteiger partial charge in [-0.25, -0.2) is 0 Å². The first-order valence-corrected chi connectivity index (χ1v) is 9.35. The third-order valence-corrected chi connectivity index (χ3v) is 5.72. The number of carbonyl (C=O) groups is 2. The van der Waals surface area contributed by atoms with E-state index >= 15 is 0 Å². The summed E-state index contributed by atoms with van der Waals surface area (Å²) in [6, 6.07) is 1.19. The summed E-state index contributed by atoms with van der Waals surface area (Å²) in [7, 11) is 0. The molecule has 150 valence electrons. The summed E-state index contributed by atoms with van der Waals surface area (Å²) in [6.45, 7) is 7.15. The van der Waals surface area contributed by atoms with Gasteiger partial charge in [-0.15, -0.1) is 0 Å². The Kier molecular flexibility index (Phi) is 5.33. The number of primary amides is 1. The number of hydrogen-bond acceptors (Lipinski definition) is 6. The molecule has 0 radical (unpaired) electrons. The maximum atomic E-state index is 12.6. The zero-order valence-electron chi connectivity index (χ0n) is 16.2. The molecule has 27 heavy (non-hydrogen) atoms. The van der Waals surface area contributed by atoms with Gasteiger partial charge in [0.1, 0.15) is 11.5 Å². The number of amides is 2. The average Bonchev–Trinajstić information content (AvgIpc) is 2.90. The lowest BCUT2D eigenvalue weighted by Crippen LogP contribution is -2.64. The van der Waals surface area contributed by atoms with Gasteiger partial charge in [0.05, 0.1) is 36.0 Å². The van der Waals surface area contributed by atoms with Crippen LogP contribution in [0.4, 0.5) is 0 Å². The van der Waals surface area contributed by atoms with E-state index in [9.17, 15) is 14.7 Å². The lowest BCUT2D eigenvalue weighted by atomic mass is 9.75. The number of carbonyl (C=O) groups excluding carboxylic acids is 2. The quantitative estimate of drug-likeness (QED) is 0.701. The van der Waals surface area contributed by atoms with Crippen molar-refractivity contribution in [2.45, 2.75) is 57.3 Å². The van der Waals surface area contributed by atoms with Crippen LogP contribution in [0.2, 0.25) is 0 Å². The highest BCUT2D eigenvalue weighted by Crippen LogP contribution is 2.39. The summed E-state index contributed by atoms with van der Waals surface area (Å²) in [5, 5.41) is 13.9. The maximum absolute atomic E-state index is 12.6. The molecule has 3 rings (SSSR count). The minimum atomic E-state index is -1.09. The number of aliphatic hydroxyl groups is 1. The molecule has 2 atom stereocenters. The molecule has 1 spiro atoms. The van der Waals surface area contributed by atoms with Gasteiger partial charge < -0.3 is 25.3 Å². The highest BCUT2D eigenvalue weighted by Gasteiger charge is 2.49. The van der Waals surface area contributed by atoms with E-state index in [4.69, 9.17) is 14.9 Å². The van der Waals surface area contributed by atoms with E-state index in [2.05, 4.69) is 5.32 Å². The molecule has 4 N–H and O–H groups in total. The third kappa shape index (κ3) is 4.34. The molecule has 0 unspecified atom stereocenters. The number of nitrogens with one attached hydrogen (secondary N) is 1. The third-order valence-electron chi connectivity index (χ3n) is 5.72. The lowest BCUT2D eigenvalue weighted by Gasteiger charge is -2.51. The second kappa shape index (κ2) is 7.26. The van der Waals surface area contributed by atoms with Crippen molar-refractivity contribution in [3.8, 4) is 0 Å². The fourth-order valence-electron chi connectivity index (χ4n) is 4.22. The topological polar surface area (TPSA) is 118 Å². The molecule has 2 aliphatic rings. The van der Waals surface area contributed by atoms with Crippen molar-refractivity contribution in [3.05, 3.63) is 23.2 Å². The van der Waals surface area contributed by atoms with Gasteiger partial charge in [-0.05, 0) is 39.7 Å². The number of furan rings is 1. The normalized spacial score (nSPS) is 28.2. The SMILES string of the molecule is Cc1cc(C(=O)N[C@H]2COC3(CCN(CC(N)=O)CC3)C[C@]2(C)O)c(C)o1. The number of nitrogens with two attached hydrogens (primary N) is 1. The van der Waals surface area contributed by atoms with Gasteiger partial charge in [-0.3, -0.25) is 14.5 Å². The van der Waals surface area contributed by atoms with Gasteiger partial charge >= 0.3 is 0 Å². The molecular formula is C19H29N3O5. The minimum Gasteiger partial charge on any atom is -0.466 e. The lowest BCUT2D eigenvalue weighted by molar-refractivity contribution is -0.186. The fraction of sp³-hybridized carbons (Fsp3) is 0.684. The van der Waals surface area contributed by atoms with E-state index < -0.39 is 17.2 Å². The van der Waals surface area contributed by atoms with Crippen LogP contribution in [0.1, 0.15) is 48.1 Å². The first kappa shape index (κ1) is 19.9. The molecule has 2 aliphatic heterocycles. The number of piperidine rings is 1. The van der Waals surface area contributed by atoms with Crippen LogP contribution in [-0.4, -0.2) is 65.3 Å². The van der Waals surface area contributed by atoms with Crippen LogP contribution >= 0.6 is 0 Å². The van der Waals surface area contributed by atoms with E-state index in [-0.39, 0.29) is 25.0 Å². The van der Waals surface area contributed by atoms with Gasteiger partial charge in [0.2, 0.25) is 5.91 Å². The van der Waals surface area contributed by atoms with Gasteiger partial charge in [0.15, 0.2) is 0 Å². The number of likely N-dealkylation sites (tertiary alicyclic amines) is 1. The van der Waals surface area contributed by atoms with Gasteiger partial charge in [-0.1, -0.05) is 0 Å². The number of aryl methyl sites for hydroxylation is 2. The van der Waals surface area contributed by atoms with Crippen molar-refractivity contribution < 1.29 is 23.8 Å². The van der Waals surface area contributed by atoms with Gasteiger partial charge in [0.25, 0.3) is 5.91 Å². The minimum absolute atomic E-state index is 0.241. The summed E-state index contributed by atoms with van der Waals surface area (Å²) in [6.07, 6.45) is 1.87. The average molecular weight is 379 g/mol. The van der Waals surface area contributed by atoms with Crippen molar-refractivity contribution in [1.82, 2.24) is 10.2 Å². The van der Waals surface area contributed by atoms with Gasteiger partial charge in [-0.2, -0.15) is 0 Å². The van der Waals surface area contributed by atoms with Crippen molar-refractivity contribution >= 4 is 11.8 Å². The van der Waals surface area contributed by atoms with Crippen molar-refractivity contribution in [2.24, 2.45) is 5.73 Å². The molecule has 2 fully saturated rings. The van der Waals surface area contributed by atoms with Crippen LogP contribution in [0, 0.1) is 13.8 Å². The molecule has 0 aromatic carbocycles. The van der Waals surface area contributed by atoms with E-state index in [0.717, 1.165) is 12.8 Å². The molecule has 0 saturated carbocycles. The van der Waals surface area contributed by atoms with Crippen molar-refractivity contribution in [1.29, 1.82) is 0 Å². The first-order valence-electron chi connectivity index (χ1n) is 9.35. The monoisotopic (exact) mass is 379 g/mol. The van der Waals surface area contributed by atoms with E-state index in [1.54, 1.807) is 26.8 Å². The molecule has 0 bridgehead atoms. The molecular weight excluding hydrogens is 350 g/mol. The largest absolute Gasteiger partial charge is 0.466 e. The van der Waals surface area contributed by atoms with Gasteiger partial charge in [0, 0.05) is 19.5 Å². The molecule has 8 heteroatoms. The first-order chi connectivity index (χ1) is 12.6. The molecule has 3 heterocycles. The number of hydrogen-bond donors (Lipinski definition) is 3. The summed E-state index contributed by atoms with van der Waals surface area (Å²) in [5.74, 6) is 0.617.